The van der Waals surface area contributed by atoms with Crippen LogP contribution in [-0.2, 0) is 14.3 Å². The lowest BCUT2D eigenvalue weighted by Gasteiger charge is -2.29. The van der Waals surface area contributed by atoms with Crippen LogP contribution in [0.2, 0.25) is 0 Å². The second kappa shape index (κ2) is 11.1. The Labute approximate surface area is 206 Å². The van der Waals surface area contributed by atoms with E-state index in [9.17, 15) is 14.7 Å². The van der Waals surface area contributed by atoms with E-state index >= 15 is 0 Å². The second-order valence-corrected chi connectivity index (χ2v) is 9.35. The molecule has 0 bridgehead atoms. The maximum atomic E-state index is 13.2. The molecule has 35 heavy (non-hydrogen) atoms. The van der Waals surface area contributed by atoms with Crippen LogP contribution in [0.5, 0.6) is 5.75 Å². The maximum Gasteiger partial charge on any atom is 0.295 e. The Hall–Kier alpha value is -3.16. The number of aliphatic hydroxyl groups is 1. The highest BCUT2D eigenvalue weighted by atomic mass is 16.5. The molecule has 186 valence electrons. The van der Waals surface area contributed by atoms with Gasteiger partial charge in [0.1, 0.15) is 11.5 Å². The number of ether oxygens (including phenoxy) is 2. The molecule has 1 atom stereocenters. The number of ketones is 1. The molecule has 0 radical (unpaired) electrons. The molecule has 7 nitrogen and oxygen atoms in total. The molecular formula is C28H34N2O5. The van der Waals surface area contributed by atoms with Crippen molar-refractivity contribution in [2.45, 2.75) is 32.2 Å². The van der Waals surface area contributed by atoms with Gasteiger partial charge in [0.2, 0.25) is 0 Å². The second-order valence-electron chi connectivity index (χ2n) is 9.35. The Balaban J connectivity index is 1.67. The van der Waals surface area contributed by atoms with E-state index < -0.39 is 17.7 Å². The van der Waals surface area contributed by atoms with Gasteiger partial charge in [0.05, 0.1) is 31.9 Å². The predicted octanol–water partition coefficient (Wildman–Crippen LogP) is 3.96. The fraction of sp³-hybridized carbons (Fsp3) is 0.429. The SMILES string of the molecule is COc1ccc(/C(O)=C2\C(=O)C(=O)N(CCCN3CCOCC3)[C@H]2c2ccc(C(C)C)cc2)cc1. The zero-order valence-electron chi connectivity index (χ0n) is 20.7. The maximum absolute atomic E-state index is 13.2. The van der Waals surface area contributed by atoms with E-state index in [1.54, 1.807) is 36.3 Å². The molecular weight excluding hydrogens is 444 g/mol. The highest BCUT2D eigenvalue weighted by Gasteiger charge is 2.45. The first-order valence-electron chi connectivity index (χ1n) is 12.2. The van der Waals surface area contributed by atoms with E-state index in [4.69, 9.17) is 9.47 Å². The van der Waals surface area contributed by atoms with Crippen LogP contribution in [0.25, 0.3) is 5.76 Å². The van der Waals surface area contributed by atoms with E-state index in [1.165, 1.54) is 5.56 Å². The van der Waals surface area contributed by atoms with Gasteiger partial charge < -0.3 is 19.5 Å². The molecule has 0 aliphatic carbocycles. The van der Waals surface area contributed by atoms with Gasteiger partial charge in [-0.25, -0.2) is 0 Å². The smallest absolute Gasteiger partial charge is 0.295 e. The van der Waals surface area contributed by atoms with Gasteiger partial charge >= 0.3 is 0 Å². The first-order valence-corrected chi connectivity index (χ1v) is 12.2. The standard InChI is InChI=1S/C28H34N2O5/c1-19(2)20-5-7-21(8-6-20)25-24(26(31)22-9-11-23(34-3)12-10-22)27(32)28(33)30(25)14-4-13-29-15-17-35-18-16-29/h5-12,19,25,31H,4,13-18H2,1-3H3/b26-24+/t25-/m0/s1. The van der Waals surface area contributed by atoms with Crippen LogP contribution in [0, 0.1) is 0 Å². The third-order valence-electron chi connectivity index (χ3n) is 6.80. The Kier molecular flexibility index (Phi) is 7.88. The number of rotatable bonds is 8. The van der Waals surface area contributed by atoms with Crippen LogP contribution in [0.1, 0.15) is 48.9 Å². The number of aliphatic hydroxyl groups excluding tert-OH is 1. The molecule has 4 rings (SSSR count). The van der Waals surface area contributed by atoms with Crippen LogP contribution in [0.4, 0.5) is 0 Å². The number of carbonyl (C=O) groups is 2. The van der Waals surface area contributed by atoms with Crippen molar-refractivity contribution < 1.29 is 24.2 Å². The third kappa shape index (κ3) is 5.41. The Morgan fingerprint density at radius 2 is 1.69 bits per heavy atom. The summed E-state index contributed by atoms with van der Waals surface area (Å²) in [5.74, 6) is -0.378. The van der Waals surface area contributed by atoms with Crippen molar-refractivity contribution in [3.05, 3.63) is 70.8 Å². The van der Waals surface area contributed by atoms with Gasteiger partial charge in [0.25, 0.3) is 11.7 Å². The largest absolute Gasteiger partial charge is 0.507 e. The summed E-state index contributed by atoms with van der Waals surface area (Å²) in [6.45, 7) is 8.67. The minimum atomic E-state index is -0.650. The summed E-state index contributed by atoms with van der Waals surface area (Å²) >= 11 is 0. The van der Waals surface area contributed by atoms with Gasteiger partial charge in [-0.15, -0.1) is 0 Å². The first kappa shape index (κ1) is 24.9. The van der Waals surface area contributed by atoms with Crippen molar-refractivity contribution in [1.82, 2.24) is 9.80 Å². The Morgan fingerprint density at radius 1 is 1.03 bits per heavy atom. The molecule has 0 aromatic heterocycles. The normalized spacial score (nSPS) is 20.6. The lowest BCUT2D eigenvalue weighted by Crippen LogP contribution is -2.38. The van der Waals surface area contributed by atoms with Gasteiger partial charge in [0, 0.05) is 31.7 Å². The summed E-state index contributed by atoms with van der Waals surface area (Å²) < 4.78 is 10.6. The molecule has 1 N–H and O–H groups in total. The number of Topliss-reactive ketones (excluding diaryl/α,β-unsaturated/α-hetero) is 1. The van der Waals surface area contributed by atoms with E-state index in [0.717, 1.165) is 31.6 Å². The van der Waals surface area contributed by atoms with Crippen LogP contribution in [0.15, 0.2) is 54.1 Å². The van der Waals surface area contributed by atoms with E-state index in [1.807, 2.05) is 24.3 Å². The molecule has 0 unspecified atom stereocenters. The summed E-state index contributed by atoms with van der Waals surface area (Å²) in [7, 11) is 1.57. The van der Waals surface area contributed by atoms with Gasteiger partial charge in [-0.3, -0.25) is 14.5 Å². The molecule has 7 heteroatoms. The number of morpholine rings is 1. The molecule has 0 saturated carbocycles. The highest BCUT2D eigenvalue weighted by molar-refractivity contribution is 6.46. The quantitative estimate of drug-likeness (QED) is 0.352. The number of likely N-dealkylation sites (tertiary alicyclic amines) is 1. The molecule has 0 spiro atoms. The lowest BCUT2D eigenvalue weighted by molar-refractivity contribution is -0.140. The number of hydrogen-bond donors (Lipinski definition) is 1. The van der Waals surface area contributed by atoms with Crippen molar-refractivity contribution in [3.8, 4) is 5.75 Å². The fourth-order valence-corrected chi connectivity index (χ4v) is 4.71. The van der Waals surface area contributed by atoms with Gasteiger partial charge in [-0.2, -0.15) is 0 Å². The van der Waals surface area contributed by atoms with Gasteiger partial charge in [0.15, 0.2) is 0 Å². The molecule has 2 aliphatic heterocycles. The van der Waals surface area contributed by atoms with E-state index in [-0.39, 0.29) is 11.3 Å². The van der Waals surface area contributed by atoms with Gasteiger partial charge in [-0.05, 0) is 47.7 Å². The molecule has 2 fully saturated rings. The van der Waals surface area contributed by atoms with E-state index in [0.29, 0.717) is 37.0 Å². The minimum absolute atomic E-state index is 0.129. The third-order valence-corrected chi connectivity index (χ3v) is 6.80. The fourth-order valence-electron chi connectivity index (χ4n) is 4.71. The Bertz CT molecular complexity index is 1070. The van der Waals surface area contributed by atoms with Crippen LogP contribution < -0.4 is 4.74 Å². The van der Waals surface area contributed by atoms with Gasteiger partial charge in [-0.1, -0.05) is 38.1 Å². The van der Waals surface area contributed by atoms with Crippen LogP contribution >= 0.6 is 0 Å². The summed E-state index contributed by atoms with van der Waals surface area (Å²) in [4.78, 5) is 30.3. The molecule has 1 amide bonds. The summed E-state index contributed by atoms with van der Waals surface area (Å²) in [5, 5.41) is 11.2. The number of hydrogen-bond acceptors (Lipinski definition) is 6. The predicted molar refractivity (Wildman–Crippen MR) is 134 cm³/mol. The van der Waals surface area contributed by atoms with E-state index in [2.05, 4.69) is 18.7 Å². The molecule has 2 aromatic carbocycles. The molecule has 2 saturated heterocycles. The summed E-state index contributed by atoms with van der Waals surface area (Å²) in [6.07, 6.45) is 0.732. The molecule has 2 aliphatic rings. The van der Waals surface area contributed by atoms with Crippen LogP contribution in [0.3, 0.4) is 0 Å². The Morgan fingerprint density at radius 3 is 2.29 bits per heavy atom. The number of benzene rings is 2. The average molecular weight is 479 g/mol. The van der Waals surface area contributed by atoms with Crippen molar-refractivity contribution in [3.63, 3.8) is 0 Å². The van der Waals surface area contributed by atoms with Crippen molar-refractivity contribution >= 4 is 17.4 Å². The monoisotopic (exact) mass is 478 g/mol. The number of amides is 1. The van der Waals surface area contributed by atoms with Crippen molar-refractivity contribution in [2.24, 2.45) is 0 Å². The average Bonchev–Trinajstić information content (AvgIpc) is 3.14. The zero-order chi connectivity index (χ0) is 24.9. The molecule has 2 aromatic rings. The number of methoxy groups -OCH3 is 1. The highest BCUT2D eigenvalue weighted by Crippen LogP contribution is 2.40. The molecule has 2 heterocycles. The lowest BCUT2D eigenvalue weighted by atomic mass is 9.93. The van der Waals surface area contributed by atoms with Crippen LogP contribution in [-0.4, -0.2) is 73.1 Å². The minimum Gasteiger partial charge on any atom is -0.507 e. The topological polar surface area (TPSA) is 79.3 Å². The first-order chi connectivity index (χ1) is 16.9. The van der Waals surface area contributed by atoms with Crippen molar-refractivity contribution in [2.75, 3.05) is 46.5 Å². The number of carbonyl (C=O) groups excluding carboxylic acids is 2. The summed E-state index contributed by atoms with van der Waals surface area (Å²) in [6, 6.07) is 14.2. The van der Waals surface area contributed by atoms with Crippen molar-refractivity contribution in [1.29, 1.82) is 0 Å². The summed E-state index contributed by atoms with van der Waals surface area (Å²) in [5.41, 5.74) is 2.59. The zero-order valence-corrected chi connectivity index (χ0v) is 20.7. The number of nitrogens with zero attached hydrogens (tertiary/aromatic N) is 2.